The van der Waals surface area contributed by atoms with Gasteiger partial charge in [0.15, 0.2) is 18.1 Å². The lowest BCUT2D eigenvalue weighted by Gasteiger charge is -2.13. The third-order valence-electron chi connectivity index (χ3n) is 5.00. The number of aromatic nitrogens is 1. The molecule has 0 bridgehead atoms. The van der Waals surface area contributed by atoms with Crippen molar-refractivity contribution >= 4 is 11.8 Å². The first-order valence-corrected chi connectivity index (χ1v) is 10.0. The molecule has 0 aliphatic heterocycles. The molecule has 6 heteroatoms. The number of aryl methyl sites for hydroxylation is 1. The molecule has 0 unspecified atom stereocenters. The van der Waals surface area contributed by atoms with E-state index in [0.29, 0.717) is 41.2 Å². The number of carbonyl (C=O) groups is 2. The molecule has 29 heavy (non-hydrogen) atoms. The van der Waals surface area contributed by atoms with Gasteiger partial charge in [0, 0.05) is 23.0 Å². The van der Waals surface area contributed by atoms with Crippen LogP contribution < -0.4 is 9.47 Å². The van der Waals surface area contributed by atoms with Crippen LogP contribution in [0.1, 0.15) is 64.8 Å². The Morgan fingerprint density at radius 2 is 1.86 bits per heavy atom. The minimum absolute atomic E-state index is 0.192. The number of ketones is 1. The highest BCUT2D eigenvalue weighted by atomic mass is 16.5. The van der Waals surface area contributed by atoms with Crippen molar-refractivity contribution in [2.45, 2.75) is 46.6 Å². The number of Topliss-reactive ketones (excluding diaryl/α,β-unsaturated/α-hetero) is 1. The Hall–Kier alpha value is -2.76. The monoisotopic (exact) mass is 399 g/mol. The fraction of sp³-hybridized carbons (Fsp3) is 0.478. The molecule has 1 aromatic heterocycles. The predicted molar refractivity (Wildman–Crippen MR) is 110 cm³/mol. The Morgan fingerprint density at radius 1 is 1.14 bits per heavy atom. The molecule has 1 aliphatic rings. The number of hydrogen-bond donors (Lipinski definition) is 0. The van der Waals surface area contributed by atoms with Crippen molar-refractivity contribution in [3.05, 3.63) is 46.8 Å². The summed E-state index contributed by atoms with van der Waals surface area (Å²) in [6.07, 6.45) is 2.30. The number of methoxy groups -OCH3 is 1. The van der Waals surface area contributed by atoms with Crippen molar-refractivity contribution in [3.8, 4) is 11.5 Å². The molecule has 6 nitrogen and oxygen atoms in total. The third-order valence-corrected chi connectivity index (χ3v) is 5.00. The largest absolute Gasteiger partial charge is 0.493 e. The summed E-state index contributed by atoms with van der Waals surface area (Å²) < 4.78 is 18.5. The molecule has 156 valence electrons. The smallest absolute Gasteiger partial charge is 0.338 e. The molecule has 1 aliphatic carbocycles. The SMILES string of the molecule is COc1cc(C(=O)OCC(=O)c2cc(C)n(C3CC3)c2C)ccc1OCC(C)C. The van der Waals surface area contributed by atoms with Gasteiger partial charge < -0.3 is 18.8 Å². The Balaban J connectivity index is 1.64. The maximum Gasteiger partial charge on any atom is 0.338 e. The Morgan fingerprint density at radius 3 is 2.48 bits per heavy atom. The van der Waals surface area contributed by atoms with Crippen molar-refractivity contribution < 1.29 is 23.8 Å². The first-order valence-electron chi connectivity index (χ1n) is 10.0. The normalized spacial score (nSPS) is 13.4. The van der Waals surface area contributed by atoms with E-state index in [4.69, 9.17) is 14.2 Å². The molecule has 3 rings (SSSR count). The molecule has 1 fully saturated rings. The lowest BCUT2D eigenvalue weighted by Crippen LogP contribution is -2.15. The van der Waals surface area contributed by atoms with Crippen molar-refractivity contribution in [2.75, 3.05) is 20.3 Å². The second kappa shape index (κ2) is 8.72. The zero-order chi connectivity index (χ0) is 21.1. The van der Waals surface area contributed by atoms with Gasteiger partial charge in [-0.25, -0.2) is 4.79 Å². The van der Waals surface area contributed by atoms with Crippen LogP contribution in [0.5, 0.6) is 11.5 Å². The zero-order valence-corrected chi connectivity index (χ0v) is 17.8. The topological polar surface area (TPSA) is 66.8 Å². The van der Waals surface area contributed by atoms with E-state index in [9.17, 15) is 9.59 Å². The van der Waals surface area contributed by atoms with Gasteiger partial charge in [0.1, 0.15) is 0 Å². The third kappa shape index (κ3) is 4.81. The maximum absolute atomic E-state index is 12.6. The number of esters is 1. The van der Waals surface area contributed by atoms with Gasteiger partial charge in [0.2, 0.25) is 5.78 Å². The quantitative estimate of drug-likeness (QED) is 0.458. The Kier molecular flexibility index (Phi) is 6.30. The number of benzene rings is 1. The highest BCUT2D eigenvalue weighted by Gasteiger charge is 2.28. The number of carbonyl (C=O) groups excluding carboxylic acids is 2. The summed E-state index contributed by atoms with van der Waals surface area (Å²) in [5, 5.41) is 0. The van der Waals surface area contributed by atoms with Gasteiger partial charge in [-0.2, -0.15) is 0 Å². The van der Waals surface area contributed by atoms with Crippen LogP contribution in [0.4, 0.5) is 0 Å². The van der Waals surface area contributed by atoms with Crippen LogP contribution in [0.25, 0.3) is 0 Å². The van der Waals surface area contributed by atoms with E-state index in [1.165, 1.54) is 7.11 Å². The summed E-state index contributed by atoms with van der Waals surface area (Å²) in [4.78, 5) is 25.0. The van der Waals surface area contributed by atoms with Gasteiger partial charge in [0.05, 0.1) is 19.3 Å². The molecule has 0 amide bonds. The Bertz CT molecular complexity index is 908. The average molecular weight is 399 g/mol. The first kappa shape index (κ1) is 21.0. The summed E-state index contributed by atoms with van der Waals surface area (Å²) in [6.45, 7) is 8.31. The fourth-order valence-electron chi connectivity index (χ4n) is 3.42. The average Bonchev–Trinajstić information content (AvgIpc) is 3.48. The van der Waals surface area contributed by atoms with Gasteiger partial charge in [0.25, 0.3) is 0 Å². The number of nitrogens with zero attached hydrogens (tertiary/aromatic N) is 1. The molecule has 0 radical (unpaired) electrons. The van der Waals surface area contributed by atoms with Crippen molar-refractivity contribution in [1.29, 1.82) is 0 Å². The molecule has 0 saturated heterocycles. The highest BCUT2D eigenvalue weighted by Crippen LogP contribution is 2.38. The lowest BCUT2D eigenvalue weighted by atomic mass is 10.1. The summed E-state index contributed by atoms with van der Waals surface area (Å²) in [7, 11) is 1.52. The van der Waals surface area contributed by atoms with Crippen molar-refractivity contribution in [3.63, 3.8) is 0 Å². The van der Waals surface area contributed by atoms with Crippen molar-refractivity contribution in [1.82, 2.24) is 4.57 Å². The molecule has 1 saturated carbocycles. The minimum Gasteiger partial charge on any atom is -0.493 e. The zero-order valence-electron chi connectivity index (χ0n) is 17.8. The molecule has 0 atom stereocenters. The fourth-order valence-corrected chi connectivity index (χ4v) is 3.42. The summed E-state index contributed by atoms with van der Waals surface area (Å²) in [5.74, 6) is 0.642. The maximum atomic E-state index is 12.6. The molecular formula is C23H29NO5. The van der Waals surface area contributed by atoms with Gasteiger partial charge in [-0.1, -0.05) is 13.8 Å². The van der Waals surface area contributed by atoms with Gasteiger partial charge in [-0.05, 0) is 56.9 Å². The van der Waals surface area contributed by atoms with Crippen LogP contribution in [-0.2, 0) is 4.74 Å². The van der Waals surface area contributed by atoms with E-state index < -0.39 is 5.97 Å². The lowest BCUT2D eigenvalue weighted by molar-refractivity contribution is 0.0474. The highest BCUT2D eigenvalue weighted by molar-refractivity contribution is 6.00. The molecular weight excluding hydrogens is 370 g/mol. The van der Waals surface area contributed by atoms with Crippen LogP contribution in [0.2, 0.25) is 0 Å². The molecule has 1 aromatic carbocycles. The van der Waals surface area contributed by atoms with Gasteiger partial charge >= 0.3 is 5.97 Å². The van der Waals surface area contributed by atoms with Crippen molar-refractivity contribution in [2.24, 2.45) is 5.92 Å². The standard InChI is InChI=1S/C23H29NO5/c1-14(2)12-28-21-9-6-17(11-22(21)27-5)23(26)29-13-20(25)19-10-15(3)24(16(19)4)18-7-8-18/h6,9-11,14,18H,7-8,12-13H2,1-5H3. The molecule has 1 heterocycles. The van der Waals surface area contributed by atoms with Crippen LogP contribution in [-0.4, -0.2) is 36.6 Å². The minimum atomic E-state index is -0.567. The molecule has 2 aromatic rings. The van der Waals surface area contributed by atoms with E-state index in [-0.39, 0.29) is 12.4 Å². The van der Waals surface area contributed by atoms with Crippen LogP contribution in [0, 0.1) is 19.8 Å². The van der Waals surface area contributed by atoms with E-state index in [1.807, 2.05) is 19.9 Å². The number of rotatable bonds is 9. The summed E-state index contributed by atoms with van der Waals surface area (Å²) in [5.41, 5.74) is 2.95. The van der Waals surface area contributed by atoms with E-state index in [0.717, 1.165) is 24.2 Å². The summed E-state index contributed by atoms with van der Waals surface area (Å²) in [6, 6.07) is 7.25. The second-order valence-electron chi connectivity index (χ2n) is 7.96. The number of ether oxygens (including phenoxy) is 3. The van der Waals surface area contributed by atoms with E-state index in [2.05, 4.69) is 18.4 Å². The molecule has 0 N–H and O–H groups in total. The van der Waals surface area contributed by atoms with Gasteiger partial charge in [-0.15, -0.1) is 0 Å². The molecule has 0 spiro atoms. The van der Waals surface area contributed by atoms with Crippen LogP contribution in [0.3, 0.4) is 0 Å². The van der Waals surface area contributed by atoms with Gasteiger partial charge in [-0.3, -0.25) is 4.79 Å². The number of hydrogen-bond acceptors (Lipinski definition) is 5. The van der Waals surface area contributed by atoms with E-state index >= 15 is 0 Å². The van der Waals surface area contributed by atoms with Crippen LogP contribution >= 0.6 is 0 Å². The summed E-state index contributed by atoms with van der Waals surface area (Å²) >= 11 is 0. The second-order valence-corrected chi connectivity index (χ2v) is 7.96. The first-order chi connectivity index (χ1) is 13.8. The Labute approximate surface area is 171 Å². The predicted octanol–water partition coefficient (Wildman–Crippen LogP) is 4.52. The van der Waals surface area contributed by atoms with E-state index in [1.54, 1.807) is 18.2 Å². The van der Waals surface area contributed by atoms with Crippen LogP contribution in [0.15, 0.2) is 24.3 Å².